The minimum atomic E-state index is -0.260. The highest BCUT2D eigenvalue weighted by Gasteiger charge is 2.11. The van der Waals surface area contributed by atoms with Gasteiger partial charge in [0.1, 0.15) is 11.4 Å². The summed E-state index contributed by atoms with van der Waals surface area (Å²) in [5, 5.41) is 7.42. The van der Waals surface area contributed by atoms with E-state index in [2.05, 4.69) is 15.6 Å². The Morgan fingerprint density at radius 1 is 1.35 bits per heavy atom. The monoisotopic (exact) mass is 333 g/mol. The summed E-state index contributed by atoms with van der Waals surface area (Å²) in [5.74, 6) is 0.341. The lowest BCUT2D eigenvalue weighted by atomic mass is 10.1. The number of ether oxygens (including phenoxy) is 1. The number of thiazole rings is 1. The normalized spacial score (nSPS) is 10.2. The van der Waals surface area contributed by atoms with Crippen molar-refractivity contribution in [2.75, 3.05) is 19.0 Å². The van der Waals surface area contributed by atoms with Crippen molar-refractivity contribution in [3.8, 4) is 5.75 Å². The van der Waals surface area contributed by atoms with Gasteiger partial charge in [0.25, 0.3) is 5.91 Å². The Labute approximate surface area is 138 Å². The lowest BCUT2D eigenvalue weighted by Gasteiger charge is -2.10. The van der Waals surface area contributed by atoms with E-state index in [9.17, 15) is 9.59 Å². The zero-order valence-corrected chi connectivity index (χ0v) is 14.1. The first-order valence-corrected chi connectivity index (χ1v) is 8.02. The summed E-state index contributed by atoms with van der Waals surface area (Å²) >= 11 is 1.22. The first-order chi connectivity index (χ1) is 11.0. The number of benzene rings is 1. The molecule has 2 rings (SSSR count). The summed E-state index contributed by atoms with van der Waals surface area (Å²) in [4.78, 5) is 27.1. The maximum absolute atomic E-state index is 12.0. The number of carbonyl (C=O) groups excluding carboxylic acids is 2. The molecule has 0 spiro atoms. The molecular formula is C16H19N3O3S. The first kappa shape index (κ1) is 17.0. The molecule has 0 unspecified atom stereocenters. The SMILES string of the molecule is COc1ccc(C)cc1CCNC(=O)c1csc(NC(C)=O)n1. The molecule has 0 aliphatic carbocycles. The fourth-order valence-corrected chi connectivity index (χ4v) is 2.83. The maximum atomic E-state index is 12.0. The first-order valence-electron chi connectivity index (χ1n) is 7.14. The number of carbonyl (C=O) groups is 2. The van der Waals surface area contributed by atoms with Crippen LogP contribution in [0.4, 0.5) is 5.13 Å². The second-order valence-corrected chi connectivity index (χ2v) is 5.90. The van der Waals surface area contributed by atoms with Gasteiger partial charge in [0, 0.05) is 18.8 Å². The molecule has 0 aliphatic heterocycles. The highest BCUT2D eigenvalue weighted by molar-refractivity contribution is 7.14. The third kappa shape index (κ3) is 4.79. The third-order valence-electron chi connectivity index (χ3n) is 3.14. The molecule has 7 heteroatoms. The van der Waals surface area contributed by atoms with E-state index in [4.69, 9.17) is 4.74 Å². The minimum absolute atomic E-state index is 0.210. The van der Waals surface area contributed by atoms with Crippen LogP contribution in [0.15, 0.2) is 23.6 Å². The highest BCUT2D eigenvalue weighted by Crippen LogP contribution is 2.20. The molecule has 0 aliphatic rings. The Morgan fingerprint density at radius 2 is 2.13 bits per heavy atom. The quantitative estimate of drug-likeness (QED) is 0.850. The molecule has 1 aromatic carbocycles. The summed E-state index contributed by atoms with van der Waals surface area (Å²) in [7, 11) is 1.63. The van der Waals surface area contributed by atoms with Crippen LogP contribution in [0.2, 0.25) is 0 Å². The predicted molar refractivity (Wildman–Crippen MR) is 90.2 cm³/mol. The zero-order valence-electron chi connectivity index (χ0n) is 13.3. The second kappa shape index (κ2) is 7.73. The number of hydrogen-bond acceptors (Lipinski definition) is 5. The average molecular weight is 333 g/mol. The predicted octanol–water partition coefficient (Wildman–Crippen LogP) is 2.39. The lowest BCUT2D eigenvalue weighted by molar-refractivity contribution is -0.114. The number of nitrogens with one attached hydrogen (secondary N) is 2. The van der Waals surface area contributed by atoms with Crippen LogP contribution in [0.5, 0.6) is 5.75 Å². The van der Waals surface area contributed by atoms with Gasteiger partial charge in [0.2, 0.25) is 5.91 Å². The molecule has 0 atom stereocenters. The summed E-state index contributed by atoms with van der Waals surface area (Å²) < 4.78 is 5.32. The van der Waals surface area contributed by atoms with Gasteiger partial charge in [0.15, 0.2) is 5.13 Å². The van der Waals surface area contributed by atoms with Crippen LogP contribution in [0.1, 0.15) is 28.5 Å². The average Bonchev–Trinajstić information content (AvgIpc) is 2.95. The van der Waals surface area contributed by atoms with E-state index in [-0.39, 0.29) is 11.8 Å². The Morgan fingerprint density at radius 3 is 2.83 bits per heavy atom. The van der Waals surface area contributed by atoms with E-state index in [1.807, 2.05) is 25.1 Å². The van der Waals surface area contributed by atoms with E-state index < -0.39 is 0 Å². The molecule has 122 valence electrons. The Balaban J connectivity index is 1.91. The van der Waals surface area contributed by atoms with Crippen LogP contribution in [0.25, 0.3) is 0 Å². The Kier molecular flexibility index (Phi) is 5.70. The number of rotatable bonds is 6. The van der Waals surface area contributed by atoms with Crippen LogP contribution in [0, 0.1) is 6.92 Å². The van der Waals surface area contributed by atoms with Crippen molar-refractivity contribution < 1.29 is 14.3 Å². The molecule has 2 aromatic rings. The maximum Gasteiger partial charge on any atom is 0.270 e. The van der Waals surface area contributed by atoms with Crippen LogP contribution in [-0.4, -0.2) is 30.5 Å². The molecule has 2 amide bonds. The largest absolute Gasteiger partial charge is 0.496 e. The molecule has 0 fully saturated rings. The van der Waals surface area contributed by atoms with E-state index >= 15 is 0 Å². The number of amides is 2. The Bertz CT molecular complexity index is 712. The van der Waals surface area contributed by atoms with Crippen LogP contribution in [-0.2, 0) is 11.2 Å². The standard InChI is InChI=1S/C16H19N3O3S/c1-10-4-5-14(22-3)12(8-10)6-7-17-15(21)13-9-23-16(19-13)18-11(2)20/h4-5,8-9H,6-7H2,1-3H3,(H,17,21)(H,18,19,20). The van der Waals surface area contributed by atoms with Gasteiger partial charge in [-0.1, -0.05) is 17.7 Å². The van der Waals surface area contributed by atoms with E-state index in [1.54, 1.807) is 12.5 Å². The fourth-order valence-electron chi connectivity index (χ4n) is 2.09. The number of aromatic nitrogens is 1. The molecule has 0 saturated heterocycles. The molecule has 1 aromatic heterocycles. The van der Waals surface area contributed by atoms with Crippen molar-refractivity contribution in [2.45, 2.75) is 20.3 Å². The van der Waals surface area contributed by atoms with Gasteiger partial charge in [-0.25, -0.2) is 4.98 Å². The van der Waals surface area contributed by atoms with Gasteiger partial charge >= 0.3 is 0 Å². The molecule has 0 radical (unpaired) electrons. The van der Waals surface area contributed by atoms with Gasteiger partial charge in [-0.15, -0.1) is 11.3 Å². The smallest absolute Gasteiger partial charge is 0.270 e. The number of nitrogens with zero attached hydrogens (tertiary/aromatic N) is 1. The summed E-state index contributed by atoms with van der Waals surface area (Å²) in [6.07, 6.45) is 0.666. The molecule has 2 N–H and O–H groups in total. The van der Waals surface area contributed by atoms with E-state index in [0.29, 0.717) is 23.8 Å². The van der Waals surface area contributed by atoms with Crippen LogP contribution in [0.3, 0.4) is 0 Å². The second-order valence-electron chi connectivity index (χ2n) is 5.04. The topological polar surface area (TPSA) is 80.3 Å². The van der Waals surface area contributed by atoms with Crippen LogP contribution >= 0.6 is 11.3 Å². The molecule has 0 saturated carbocycles. The van der Waals surface area contributed by atoms with Crippen molar-refractivity contribution >= 4 is 28.3 Å². The van der Waals surface area contributed by atoms with Gasteiger partial charge in [0.05, 0.1) is 7.11 Å². The third-order valence-corrected chi connectivity index (χ3v) is 3.89. The van der Waals surface area contributed by atoms with Gasteiger partial charge < -0.3 is 15.4 Å². The molecule has 23 heavy (non-hydrogen) atoms. The van der Waals surface area contributed by atoms with Gasteiger partial charge in [-0.05, 0) is 25.0 Å². The van der Waals surface area contributed by atoms with Crippen molar-refractivity contribution in [2.24, 2.45) is 0 Å². The van der Waals surface area contributed by atoms with E-state index in [1.165, 1.54) is 18.3 Å². The van der Waals surface area contributed by atoms with Crippen LogP contribution < -0.4 is 15.4 Å². The van der Waals surface area contributed by atoms with Crippen molar-refractivity contribution in [1.29, 1.82) is 0 Å². The molecule has 1 heterocycles. The molecule has 6 nitrogen and oxygen atoms in total. The number of hydrogen-bond donors (Lipinski definition) is 2. The van der Waals surface area contributed by atoms with Gasteiger partial charge in [-0.3, -0.25) is 9.59 Å². The zero-order chi connectivity index (χ0) is 16.8. The van der Waals surface area contributed by atoms with Crippen molar-refractivity contribution in [3.63, 3.8) is 0 Å². The number of anilines is 1. The van der Waals surface area contributed by atoms with Crippen molar-refractivity contribution in [3.05, 3.63) is 40.4 Å². The number of aryl methyl sites for hydroxylation is 1. The Hall–Kier alpha value is -2.41. The van der Waals surface area contributed by atoms with Crippen molar-refractivity contribution in [1.82, 2.24) is 10.3 Å². The lowest BCUT2D eigenvalue weighted by Crippen LogP contribution is -2.26. The molecular weight excluding hydrogens is 314 g/mol. The minimum Gasteiger partial charge on any atom is -0.496 e. The summed E-state index contributed by atoms with van der Waals surface area (Å²) in [5.41, 5.74) is 2.49. The van der Waals surface area contributed by atoms with E-state index in [0.717, 1.165) is 16.9 Å². The highest BCUT2D eigenvalue weighted by atomic mass is 32.1. The summed E-state index contributed by atoms with van der Waals surface area (Å²) in [6.45, 7) is 3.89. The number of methoxy groups -OCH3 is 1. The fraction of sp³-hybridized carbons (Fsp3) is 0.312. The van der Waals surface area contributed by atoms with Gasteiger partial charge in [-0.2, -0.15) is 0 Å². The summed E-state index contributed by atoms with van der Waals surface area (Å²) in [6, 6.07) is 5.95. The molecule has 0 bridgehead atoms.